The summed E-state index contributed by atoms with van der Waals surface area (Å²) in [5.74, 6) is 2.60. The third kappa shape index (κ3) is 5.07. The van der Waals surface area contributed by atoms with Crippen LogP contribution in [0.3, 0.4) is 0 Å². The molecule has 2 aromatic heterocycles. The summed E-state index contributed by atoms with van der Waals surface area (Å²) in [5, 5.41) is 6.69. The fraction of sp³-hybridized carbons (Fsp3) is 0.364. The lowest BCUT2D eigenvalue weighted by Crippen LogP contribution is -2.41. The van der Waals surface area contributed by atoms with Gasteiger partial charge in [0.15, 0.2) is 0 Å². The molecule has 0 saturated carbocycles. The van der Waals surface area contributed by atoms with E-state index in [9.17, 15) is 0 Å². The number of fused-ring (bicyclic) bond motifs is 1. The molecule has 0 bridgehead atoms. The molecule has 0 N–H and O–H groups in total. The highest BCUT2D eigenvalue weighted by molar-refractivity contribution is 14.2. The van der Waals surface area contributed by atoms with E-state index in [1.54, 1.807) is 12.4 Å². The average molecular weight is 618 g/mol. The minimum absolute atomic E-state index is 0.351. The molecule has 2 unspecified atom stereocenters. The van der Waals surface area contributed by atoms with Crippen molar-refractivity contribution >= 4 is 75.7 Å². The summed E-state index contributed by atoms with van der Waals surface area (Å²) < 4.78 is 20.3. The second-order valence-electron chi connectivity index (χ2n) is 8.82. The van der Waals surface area contributed by atoms with Gasteiger partial charge in [0, 0.05) is 23.3 Å². The Labute approximate surface area is 218 Å². The molecule has 4 rings (SSSR count). The highest BCUT2D eigenvalue weighted by Gasteiger charge is 2.50. The molecule has 6 nitrogen and oxygen atoms in total. The Bertz CT molecular complexity index is 1180. The van der Waals surface area contributed by atoms with Gasteiger partial charge in [0.05, 0.1) is 38.8 Å². The van der Waals surface area contributed by atoms with Crippen LogP contribution < -0.4 is 4.74 Å². The van der Waals surface area contributed by atoms with Crippen molar-refractivity contribution in [1.29, 1.82) is 0 Å². The fourth-order valence-electron chi connectivity index (χ4n) is 3.59. The average Bonchev–Trinajstić information content (AvgIpc) is 3.18. The van der Waals surface area contributed by atoms with E-state index in [1.165, 1.54) is 0 Å². The molecule has 1 saturated heterocycles. The Morgan fingerprint density at radius 2 is 1.79 bits per heavy atom. The van der Waals surface area contributed by atoms with Crippen LogP contribution in [-0.2, 0) is 9.31 Å². The first-order valence-electron chi connectivity index (χ1n) is 10.4. The van der Waals surface area contributed by atoms with Gasteiger partial charge in [-0.05, 0) is 80.9 Å². The van der Waals surface area contributed by atoms with Gasteiger partial charge in [-0.15, -0.1) is 0 Å². The smallest absolute Gasteiger partial charge is 0.486 e. The first kappa shape index (κ1) is 25.2. The number of benzene rings is 1. The van der Waals surface area contributed by atoms with E-state index < -0.39 is 7.12 Å². The zero-order valence-electron chi connectivity index (χ0n) is 18.9. The quantitative estimate of drug-likeness (QED) is 0.165. The second-order valence-corrected chi connectivity index (χ2v) is 11.7. The van der Waals surface area contributed by atoms with Gasteiger partial charge < -0.3 is 14.0 Å². The predicted molar refractivity (Wildman–Crippen MR) is 146 cm³/mol. The van der Waals surface area contributed by atoms with Gasteiger partial charge in [0.1, 0.15) is 11.9 Å². The maximum absolute atomic E-state index is 6.30. The SMILES string of the molecule is CC(Oc1ccc2c(c1)c(/C=C/B1OC(C)(C)C(C)(C)O1)nn2PI)c1c(Cl)cncc1Cl. The first-order chi connectivity index (χ1) is 15.5. The van der Waals surface area contributed by atoms with Crippen LogP contribution >= 0.6 is 51.6 Å². The van der Waals surface area contributed by atoms with E-state index in [0.29, 0.717) is 27.7 Å². The molecule has 0 radical (unpaired) electrons. The van der Waals surface area contributed by atoms with Gasteiger partial charge in [-0.3, -0.25) is 4.98 Å². The maximum Gasteiger partial charge on any atom is 0.487 e. The Kier molecular flexibility index (Phi) is 7.36. The van der Waals surface area contributed by atoms with E-state index >= 15 is 0 Å². The molecule has 2 atom stereocenters. The topological polar surface area (TPSA) is 58.4 Å². The lowest BCUT2D eigenvalue weighted by Gasteiger charge is -2.32. The molecule has 1 aromatic carbocycles. The molecule has 3 heterocycles. The molecular formula is C22H24BCl2IN3O3P. The van der Waals surface area contributed by atoms with E-state index in [2.05, 4.69) is 27.0 Å². The number of pyridine rings is 1. The first-order valence-corrected chi connectivity index (χ1v) is 15.2. The zero-order chi connectivity index (χ0) is 24.0. The molecule has 1 aliphatic rings. The van der Waals surface area contributed by atoms with Crippen molar-refractivity contribution in [2.24, 2.45) is 0 Å². The van der Waals surface area contributed by atoms with Crippen LogP contribution in [0.4, 0.5) is 0 Å². The number of hydrogen-bond acceptors (Lipinski definition) is 5. The summed E-state index contributed by atoms with van der Waals surface area (Å²) in [6, 6.07) is 5.93. The Hall–Kier alpha value is -0.895. The van der Waals surface area contributed by atoms with Crippen molar-refractivity contribution < 1.29 is 14.0 Å². The summed E-state index contributed by atoms with van der Waals surface area (Å²) in [5.41, 5.74) is 1.77. The molecule has 3 aromatic rings. The van der Waals surface area contributed by atoms with Crippen LogP contribution in [0.2, 0.25) is 10.0 Å². The molecule has 33 heavy (non-hydrogen) atoms. The standard InChI is InChI=1S/C22H24BCl2IN3O3P/c1-13(20-16(24)11-27-12-17(20)25)30-14-6-7-19-15(10-14)18(28-29(19)33-26)8-9-23-31-21(2,3)22(4,5)32-23/h6-13,33H,1-5H3/b9-8+. The van der Waals surface area contributed by atoms with Crippen LogP contribution in [0.1, 0.15) is 52.0 Å². The van der Waals surface area contributed by atoms with Gasteiger partial charge in [-0.2, -0.15) is 5.10 Å². The molecular weight excluding hydrogens is 594 g/mol. The van der Waals surface area contributed by atoms with Crippen LogP contribution in [0, 0.1) is 0 Å². The fourth-order valence-corrected chi connectivity index (χ4v) is 5.80. The molecule has 174 valence electrons. The monoisotopic (exact) mass is 617 g/mol. The maximum atomic E-state index is 6.30. The third-order valence-electron chi connectivity index (χ3n) is 6.05. The number of ether oxygens (including phenoxy) is 1. The Morgan fingerprint density at radius 3 is 2.39 bits per heavy atom. The van der Waals surface area contributed by atoms with Gasteiger partial charge in [0.25, 0.3) is 0 Å². The molecule has 11 heteroatoms. The van der Waals surface area contributed by atoms with Crippen LogP contribution in [0.5, 0.6) is 5.75 Å². The van der Waals surface area contributed by atoms with Gasteiger partial charge >= 0.3 is 7.12 Å². The predicted octanol–water partition coefficient (Wildman–Crippen LogP) is 7.31. The van der Waals surface area contributed by atoms with E-state index in [0.717, 1.165) is 16.6 Å². The third-order valence-corrected chi connectivity index (χ3v) is 8.53. The zero-order valence-corrected chi connectivity index (χ0v) is 23.6. The van der Waals surface area contributed by atoms with E-state index in [4.69, 9.17) is 42.3 Å². The minimum Gasteiger partial charge on any atom is -0.486 e. The highest BCUT2D eigenvalue weighted by Crippen LogP contribution is 2.38. The number of halogens is 3. The van der Waals surface area contributed by atoms with E-state index in [1.807, 2.05) is 69.3 Å². The van der Waals surface area contributed by atoms with Gasteiger partial charge in [-0.25, -0.2) is 4.45 Å². The van der Waals surface area contributed by atoms with Crippen molar-refractivity contribution in [3.63, 3.8) is 0 Å². The lowest BCUT2D eigenvalue weighted by atomic mass is 9.89. The van der Waals surface area contributed by atoms with Crippen molar-refractivity contribution in [3.05, 3.63) is 57.9 Å². The molecule has 0 amide bonds. The second kappa shape index (κ2) is 9.63. The summed E-state index contributed by atoms with van der Waals surface area (Å²) in [4.78, 5) is 4.01. The lowest BCUT2D eigenvalue weighted by molar-refractivity contribution is 0.00578. The van der Waals surface area contributed by atoms with Gasteiger partial charge in [0.2, 0.25) is 0 Å². The molecule has 0 aliphatic carbocycles. The van der Waals surface area contributed by atoms with Crippen molar-refractivity contribution in [3.8, 4) is 5.75 Å². The molecule has 1 aliphatic heterocycles. The molecule has 1 fully saturated rings. The van der Waals surface area contributed by atoms with Crippen molar-refractivity contribution in [2.75, 3.05) is 0 Å². The minimum atomic E-state index is -0.437. The van der Waals surface area contributed by atoms with Crippen molar-refractivity contribution in [1.82, 2.24) is 14.5 Å². The molecule has 0 spiro atoms. The van der Waals surface area contributed by atoms with Gasteiger partial charge in [-0.1, -0.05) is 29.2 Å². The number of nitrogens with zero attached hydrogens (tertiary/aromatic N) is 3. The van der Waals surface area contributed by atoms with Crippen LogP contribution in [-0.4, -0.2) is 32.9 Å². The summed E-state index contributed by atoms with van der Waals surface area (Å²) in [6.07, 6.45) is 5.19. The Balaban J connectivity index is 1.63. The van der Waals surface area contributed by atoms with E-state index in [-0.39, 0.29) is 17.3 Å². The summed E-state index contributed by atoms with van der Waals surface area (Å²) in [7, 11) is -0.437. The number of rotatable bonds is 6. The Morgan fingerprint density at radius 1 is 1.15 bits per heavy atom. The summed E-state index contributed by atoms with van der Waals surface area (Å²) >= 11 is 14.9. The highest BCUT2D eigenvalue weighted by atomic mass is 127. The normalized spacial score (nSPS) is 18.7. The van der Waals surface area contributed by atoms with Crippen LogP contribution in [0.15, 0.2) is 36.6 Å². The number of aromatic nitrogens is 3. The largest absolute Gasteiger partial charge is 0.487 e. The number of hydrogen-bond donors (Lipinski definition) is 0. The summed E-state index contributed by atoms with van der Waals surface area (Å²) in [6.45, 7) is 10.1. The van der Waals surface area contributed by atoms with Crippen LogP contribution in [0.25, 0.3) is 17.0 Å². The van der Waals surface area contributed by atoms with Crippen molar-refractivity contribution in [2.45, 2.75) is 51.9 Å².